The van der Waals surface area contributed by atoms with E-state index in [1.165, 1.54) is 0 Å². The maximum Gasteiger partial charge on any atom is 0.329 e. The molecule has 1 aliphatic heterocycles. The molecule has 20 heavy (non-hydrogen) atoms. The van der Waals surface area contributed by atoms with E-state index in [4.69, 9.17) is 4.74 Å². The summed E-state index contributed by atoms with van der Waals surface area (Å²) in [5.41, 5.74) is -1.06. The van der Waals surface area contributed by atoms with E-state index in [9.17, 15) is 14.7 Å². The third-order valence-electron chi connectivity index (χ3n) is 4.53. The summed E-state index contributed by atoms with van der Waals surface area (Å²) in [6, 6.07) is -0.246. The van der Waals surface area contributed by atoms with Gasteiger partial charge in [0.05, 0.1) is 6.10 Å². The van der Waals surface area contributed by atoms with E-state index in [0.717, 1.165) is 32.1 Å². The third kappa shape index (κ3) is 3.23. The van der Waals surface area contributed by atoms with Gasteiger partial charge in [0, 0.05) is 20.2 Å². The first-order valence-electron chi connectivity index (χ1n) is 7.41. The molecule has 0 radical (unpaired) electrons. The van der Waals surface area contributed by atoms with Gasteiger partial charge < -0.3 is 20.1 Å². The molecule has 0 aromatic carbocycles. The van der Waals surface area contributed by atoms with Crippen LogP contribution in [0.15, 0.2) is 0 Å². The molecule has 2 N–H and O–H groups in total. The summed E-state index contributed by atoms with van der Waals surface area (Å²) in [7, 11) is 1.68. The minimum atomic E-state index is -1.06. The van der Waals surface area contributed by atoms with Crippen LogP contribution in [0.25, 0.3) is 0 Å². The molecule has 114 valence electrons. The van der Waals surface area contributed by atoms with Crippen molar-refractivity contribution < 1.29 is 19.4 Å². The monoisotopic (exact) mass is 284 g/mol. The van der Waals surface area contributed by atoms with Gasteiger partial charge in [-0.25, -0.2) is 9.59 Å². The Morgan fingerprint density at radius 2 is 1.80 bits per heavy atom. The molecule has 0 atom stereocenters. The van der Waals surface area contributed by atoms with E-state index < -0.39 is 11.5 Å². The summed E-state index contributed by atoms with van der Waals surface area (Å²) < 4.78 is 5.27. The predicted octanol–water partition coefficient (Wildman–Crippen LogP) is 1.59. The number of nitrogens with zero attached hydrogens (tertiary/aromatic N) is 1. The van der Waals surface area contributed by atoms with Gasteiger partial charge in [0.2, 0.25) is 0 Å². The predicted molar refractivity (Wildman–Crippen MR) is 73.6 cm³/mol. The Labute approximate surface area is 119 Å². The van der Waals surface area contributed by atoms with Crippen molar-refractivity contribution in [3.05, 3.63) is 0 Å². The topological polar surface area (TPSA) is 78.9 Å². The van der Waals surface area contributed by atoms with Crippen LogP contribution in [0.3, 0.4) is 0 Å². The van der Waals surface area contributed by atoms with Crippen LogP contribution in [-0.2, 0) is 9.53 Å². The van der Waals surface area contributed by atoms with Crippen LogP contribution in [0.4, 0.5) is 4.79 Å². The first-order chi connectivity index (χ1) is 9.57. The molecule has 2 fully saturated rings. The van der Waals surface area contributed by atoms with Crippen molar-refractivity contribution >= 4 is 12.0 Å². The van der Waals surface area contributed by atoms with Crippen LogP contribution in [0.1, 0.15) is 44.9 Å². The standard InChI is InChI=1S/C14H24N2O4/c1-20-11-5-9-16(10-6-11)13(19)15-14(12(17)18)7-3-2-4-8-14/h11H,2-10H2,1H3,(H,15,19)(H,17,18). The van der Waals surface area contributed by atoms with E-state index >= 15 is 0 Å². The first-order valence-corrected chi connectivity index (χ1v) is 7.41. The summed E-state index contributed by atoms with van der Waals surface area (Å²) in [5, 5.41) is 12.2. The van der Waals surface area contributed by atoms with Crippen molar-refractivity contribution in [3.8, 4) is 0 Å². The van der Waals surface area contributed by atoms with Crippen LogP contribution in [0.5, 0.6) is 0 Å². The second-order valence-corrected chi connectivity index (χ2v) is 5.80. The molecule has 0 bridgehead atoms. The third-order valence-corrected chi connectivity index (χ3v) is 4.53. The zero-order valence-electron chi connectivity index (χ0n) is 12.1. The molecular formula is C14H24N2O4. The van der Waals surface area contributed by atoms with E-state index in [0.29, 0.717) is 25.9 Å². The minimum Gasteiger partial charge on any atom is -0.480 e. The average Bonchev–Trinajstić information content (AvgIpc) is 2.48. The molecule has 1 heterocycles. The molecule has 0 aromatic rings. The Morgan fingerprint density at radius 3 is 2.30 bits per heavy atom. The number of methoxy groups -OCH3 is 1. The van der Waals surface area contributed by atoms with Crippen molar-refractivity contribution in [2.45, 2.75) is 56.6 Å². The van der Waals surface area contributed by atoms with Crippen molar-refractivity contribution in [1.82, 2.24) is 10.2 Å². The molecule has 2 rings (SSSR count). The number of ether oxygens (including phenoxy) is 1. The van der Waals surface area contributed by atoms with Gasteiger partial charge in [-0.2, -0.15) is 0 Å². The van der Waals surface area contributed by atoms with Crippen LogP contribution < -0.4 is 5.32 Å². The lowest BCUT2D eigenvalue weighted by Gasteiger charge is -2.38. The summed E-state index contributed by atoms with van der Waals surface area (Å²) in [6.45, 7) is 1.25. The highest BCUT2D eigenvalue weighted by atomic mass is 16.5. The van der Waals surface area contributed by atoms with E-state index in [-0.39, 0.29) is 12.1 Å². The Kier molecular flexibility index (Phi) is 4.86. The molecule has 0 spiro atoms. The number of aliphatic carboxylic acids is 1. The first kappa shape index (κ1) is 15.1. The molecule has 0 unspecified atom stereocenters. The quantitative estimate of drug-likeness (QED) is 0.825. The molecule has 1 aliphatic carbocycles. The zero-order chi connectivity index (χ0) is 14.6. The molecule has 6 heteroatoms. The van der Waals surface area contributed by atoms with Crippen LogP contribution in [0.2, 0.25) is 0 Å². The number of likely N-dealkylation sites (tertiary alicyclic amines) is 1. The van der Waals surface area contributed by atoms with Gasteiger partial charge in [-0.15, -0.1) is 0 Å². The zero-order valence-corrected chi connectivity index (χ0v) is 12.1. The average molecular weight is 284 g/mol. The van der Waals surface area contributed by atoms with E-state index in [1.807, 2.05) is 0 Å². The van der Waals surface area contributed by atoms with Gasteiger partial charge in [0.15, 0.2) is 0 Å². The maximum absolute atomic E-state index is 12.3. The summed E-state index contributed by atoms with van der Waals surface area (Å²) in [4.78, 5) is 25.5. The van der Waals surface area contributed by atoms with Crippen molar-refractivity contribution in [2.24, 2.45) is 0 Å². The number of carbonyl (C=O) groups is 2. The van der Waals surface area contributed by atoms with Gasteiger partial charge in [-0.1, -0.05) is 19.3 Å². The Balaban J connectivity index is 1.94. The van der Waals surface area contributed by atoms with Gasteiger partial charge in [-0.3, -0.25) is 0 Å². The fourth-order valence-electron chi connectivity index (χ4n) is 3.13. The number of urea groups is 1. The lowest BCUT2D eigenvalue weighted by atomic mass is 9.82. The fraction of sp³-hybridized carbons (Fsp3) is 0.857. The second-order valence-electron chi connectivity index (χ2n) is 5.80. The Bertz CT molecular complexity index is 358. The second kappa shape index (κ2) is 6.43. The van der Waals surface area contributed by atoms with Crippen LogP contribution in [0, 0.1) is 0 Å². The Morgan fingerprint density at radius 1 is 1.20 bits per heavy atom. The van der Waals surface area contributed by atoms with Crippen molar-refractivity contribution in [2.75, 3.05) is 20.2 Å². The van der Waals surface area contributed by atoms with Crippen molar-refractivity contribution in [1.29, 1.82) is 0 Å². The van der Waals surface area contributed by atoms with Crippen molar-refractivity contribution in [3.63, 3.8) is 0 Å². The highest BCUT2D eigenvalue weighted by molar-refractivity contribution is 5.86. The normalized spacial score (nSPS) is 23.4. The Hall–Kier alpha value is -1.30. The SMILES string of the molecule is COC1CCN(C(=O)NC2(C(=O)O)CCCCC2)CC1. The molecular weight excluding hydrogens is 260 g/mol. The summed E-state index contributed by atoms with van der Waals surface area (Å²) in [5.74, 6) is -0.905. The van der Waals surface area contributed by atoms with Crippen LogP contribution in [-0.4, -0.2) is 53.8 Å². The summed E-state index contributed by atoms with van der Waals surface area (Å²) >= 11 is 0. The number of hydrogen-bond donors (Lipinski definition) is 2. The largest absolute Gasteiger partial charge is 0.480 e. The number of nitrogens with one attached hydrogen (secondary N) is 1. The van der Waals surface area contributed by atoms with E-state index in [2.05, 4.69) is 5.32 Å². The fourth-order valence-corrected chi connectivity index (χ4v) is 3.13. The lowest BCUT2D eigenvalue weighted by molar-refractivity contribution is -0.146. The molecule has 1 saturated carbocycles. The van der Waals surface area contributed by atoms with Gasteiger partial charge in [0.25, 0.3) is 0 Å². The van der Waals surface area contributed by atoms with Crippen LogP contribution >= 0.6 is 0 Å². The van der Waals surface area contributed by atoms with Gasteiger partial charge in [-0.05, 0) is 25.7 Å². The number of carboxylic acid groups (broad SMARTS) is 1. The molecule has 2 amide bonds. The number of piperidine rings is 1. The number of carboxylic acids is 1. The molecule has 1 saturated heterocycles. The molecule has 6 nitrogen and oxygen atoms in total. The molecule has 0 aromatic heterocycles. The highest BCUT2D eigenvalue weighted by Crippen LogP contribution is 2.29. The summed E-state index contributed by atoms with van der Waals surface area (Å²) in [6.07, 6.45) is 5.65. The van der Waals surface area contributed by atoms with E-state index in [1.54, 1.807) is 12.0 Å². The number of hydrogen-bond acceptors (Lipinski definition) is 3. The molecule has 2 aliphatic rings. The lowest BCUT2D eigenvalue weighted by Crippen LogP contribution is -2.59. The number of rotatable bonds is 3. The van der Waals surface area contributed by atoms with Gasteiger partial charge >= 0.3 is 12.0 Å². The van der Waals surface area contributed by atoms with Gasteiger partial charge in [0.1, 0.15) is 5.54 Å². The number of amides is 2. The highest BCUT2D eigenvalue weighted by Gasteiger charge is 2.42. The smallest absolute Gasteiger partial charge is 0.329 e. The maximum atomic E-state index is 12.3. The number of carbonyl (C=O) groups excluding carboxylic acids is 1. The minimum absolute atomic E-state index is 0.210.